The number of phosphoric acid groups is 2. The molecule has 5 atom stereocenters. The molecule has 0 saturated carbocycles. The van der Waals surface area contributed by atoms with Crippen molar-refractivity contribution in [2.75, 3.05) is 39.6 Å². The maximum atomic E-state index is 12.2. The van der Waals surface area contributed by atoms with Gasteiger partial charge in [-0.15, -0.1) is 0 Å². The topological polar surface area (TPSA) is 225 Å². The normalized spacial score (nSPS) is 15.3. The van der Waals surface area contributed by atoms with Gasteiger partial charge in [-0.3, -0.25) is 27.7 Å². The number of rotatable bonds is 48. The van der Waals surface area contributed by atoms with E-state index in [2.05, 4.69) is 56.2 Å². The van der Waals surface area contributed by atoms with Crippen molar-refractivity contribution in [3.8, 4) is 0 Å². The van der Waals surface area contributed by atoms with Gasteiger partial charge < -0.3 is 34.6 Å². The molecule has 0 bridgehead atoms. The highest BCUT2D eigenvalue weighted by molar-refractivity contribution is 7.47. The first-order valence-corrected chi connectivity index (χ1v) is 27.7. The number of aliphatic hydroxyl groups is 3. The Balaban J connectivity index is 3.84. The minimum atomic E-state index is -4.78. The third-order valence-electron chi connectivity index (χ3n) is 10.4. The van der Waals surface area contributed by atoms with Gasteiger partial charge in [0.2, 0.25) is 0 Å². The van der Waals surface area contributed by atoms with Crippen LogP contribution >= 0.6 is 15.6 Å². The standard InChI is InChI=1S/C47H90O15P2/c1-3-5-7-9-11-13-15-16-17-18-19-20-21-22-23-24-26-28-30-32-34-36-47(52)58-38-44(49)40-60-64(55,56)62-42-45(50)41-61-63(53,54)59-39-43(48)37-57-46(51)35-33-31-29-27-25-14-12-10-8-6-4-2/h11,13,16-17,43-45,48-50H,3-10,12,14-15,18-42H2,1-2H3,(H,53,54)(H,55,56)/b13-11-,17-16-. The van der Waals surface area contributed by atoms with Gasteiger partial charge in [0.15, 0.2) is 0 Å². The molecule has 5 unspecified atom stereocenters. The van der Waals surface area contributed by atoms with E-state index in [1.54, 1.807) is 0 Å². The van der Waals surface area contributed by atoms with E-state index in [0.29, 0.717) is 12.8 Å². The second-order valence-corrected chi connectivity index (χ2v) is 19.7. The molecule has 0 aromatic carbocycles. The van der Waals surface area contributed by atoms with Gasteiger partial charge in [-0.2, -0.15) is 0 Å². The van der Waals surface area contributed by atoms with Crippen molar-refractivity contribution in [1.82, 2.24) is 0 Å². The van der Waals surface area contributed by atoms with Crippen LogP contribution in [0.3, 0.4) is 0 Å². The highest BCUT2D eigenvalue weighted by Gasteiger charge is 2.28. The Morgan fingerprint density at radius 3 is 1.02 bits per heavy atom. The second kappa shape index (κ2) is 44.1. The molecule has 0 spiro atoms. The number of hydrogen-bond donors (Lipinski definition) is 5. The van der Waals surface area contributed by atoms with E-state index in [-0.39, 0.29) is 12.8 Å². The van der Waals surface area contributed by atoms with Crippen LogP contribution in [0, 0.1) is 0 Å². The smallest absolute Gasteiger partial charge is 0.463 e. The maximum Gasteiger partial charge on any atom is 0.472 e. The summed E-state index contributed by atoms with van der Waals surface area (Å²) in [5.41, 5.74) is 0. The van der Waals surface area contributed by atoms with Crippen molar-refractivity contribution in [3.05, 3.63) is 24.3 Å². The minimum Gasteiger partial charge on any atom is -0.463 e. The summed E-state index contributed by atoms with van der Waals surface area (Å²) >= 11 is 0. The molecule has 17 heteroatoms. The highest BCUT2D eigenvalue weighted by Crippen LogP contribution is 2.45. The first kappa shape index (κ1) is 62.5. The van der Waals surface area contributed by atoms with E-state index in [4.69, 9.17) is 9.47 Å². The van der Waals surface area contributed by atoms with Crippen molar-refractivity contribution in [2.45, 2.75) is 225 Å². The maximum absolute atomic E-state index is 12.2. The third-order valence-corrected chi connectivity index (χ3v) is 12.3. The molecule has 0 amide bonds. The number of esters is 2. The highest BCUT2D eigenvalue weighted by atomic mass is 31.2. The molecule has 0 aliphatic carbocycles. The van der Waals surface area contributed by atoms with Crippen molar-refractivity contribution in [2.24, 2.45) is 0 Å². The van der Waals surface area contributed by atoms with Crippen LogP contribution < -0.4 is 0 Å². The van der Waals surface area contributed by atoms with Gasteiger partial charge in [0.05, 0.1) is 26.4 Å². The fraction of sp³-hybridized carbons (Fsp3) is 0.872. The summed E-state index contributed by atoms with van der Waals surface area (Å²) in [6.07, 6.45) is 37.4. The molecule has 0 saturated heterocycles. The summed E-state index contributed by atoms with van der Waals surface area (Å²) in [6, 6.07) is 0. The van der Waals surface area contributed by atoms with Crippen LogP contribution in [-0.2, 0) is 46.3 Å². The van der Waals surface area contributed by atoms with E-state index >= 15 is 0 Å². The number of carbonyl (C=O) groups is 2. The average Bonchev–Trinajstić information content (AvgIpc) is 3.27. The average molecular weight is 957 g/mol. The van der Waals surface area contributed by atoms with Crippen LogP contribution in [0.1, 0.15) is 206 Å². The minimum absolute atomic E-state index is 0.196. The van der Waals surface area contributed by atoms with Crippen molar-refractivity contribution >= 4 is 27.6 Å². The van der Waals surface area contributed by atoms with Gasteiger partial charge in [-0.05, 0) is 44.9 Å². The molecule has 0 aromatic rings. The van der Waals surface area contributed by atoms with E-state index in [9.17, 15) is 43.8 Å². The zero-order valence-corrected chi connectivity index (χ0v) is 41.5. The summed E-state index contributed by atoms with van der Waals surface area (Å²) in [7, 11) is -9.56. The first-order chi connectivity index (χ1) is 30.8. The monoisotopic (exact) mass is 957 g/mol. The fourth-order valence-electron chi connectivity index (χ4n) is 6.54. The quantitative estimate of drug-likeness (QED) is 0.0165. The Labute approximate surface area is 386 Å². The van der Waals surface area contributed by atoms with Gasteiger partial charge in [-0.25, -0.2) is 9.13 Å². The lowest BCUT2D eigenvalue weighted by Gasteiger charge is -2.19. The van der Waals surface area contributed by atoms with Crippen LogP contribution in [-0.4, -0.2) is 95.0 Å². The molecule has 5 N–H and O–H groups in total. The van der Waals surface area contributed by atoms with Gasteiger partial charge >= 0.3 is 27.6 Å². The number of allylic oxidation sites excluding steroid dienone is 4. The van der Waals surface area contributed by atoms with E-state index in [1.165, 1.54) is 116 Å². The Morgan fingerprint density at radius 2 is 0.672 bits per heavy atom. The Morgan fingerprint density at radius 1 is 0.406 bits per heavy atom. The number of unbranched alkanes of at least 4 members (excludes halogenated alkanes) is 24. The van der Waals surface area contributed by atoms with Crippen LogP contribution in [0.15, 0.2) is 24.3 Å². The third kappa shape index (κ3) is 45.7. The molecule has 0 aromatic heterocycles. The van der Waals surface area contributed by atoms with Crippen LogP contribution in [0.2, 0.25) is 0 Å². The van der Waals surface area contributed by atoms with Gasteiger partial charge in [0.25, 0.3) is 0 Å². The van der Waals surface area contributed by atoms with E-state index < -0.39 is 85.5 Å². The number of ether oxygens (including phenoxy) is 2. The lowest BCUT2D eigenvalue weighted by Crippen LogP contribution is -2.25. The van der Waals surface area contributed by atoms with Crippen molar-refractivity contribution in [1.29, 1.82) is 0 Å². The summed E-state index contributed by atoms with van der Waals surface area (Å²) in [5.74, 6) is -0.992. The SMILES string of the molecule is CCCCC/C=C\C/C=C\CCCCCCCCCCCCCC(=O)OCC(O)COP(=O)(O)OCC(O)COP(=O)(O)OCC(O)COC(=O)CCCCCCCCCCCCC. The predicted molar refractivity (Wildman–Crippen MR) is 252 cm³/mol. The van der Waals surface area contributed by atoms with Crippen LogP contribution in [0.5, 0.6) is 0 Å². The van der Waals surface area contributed by atoms with Crippen molar-refractivity contribution in [3.63, 3.8) is 0 Å². The van der Waals surface area contributed by atoms with Crippen molar-refractivity contribution < 1.29 is 71.4 Å². The lowest BCUT2D eigenvalue weighted by molar-refractivity contribution is -0.148. The second-order valence-electron chi connectivity index (χ2n) is 16.8. The molecular weight excluding hydrogens is 866 g/mol. The van der Waals surface area contributed by atoms with Gasteiger partial charge in [-0.1, -0.05) is 173 Å². The summed E-state index contributed by atoms with van der Waals surface area (Å²) in [6.45, 7) is 0.406. The molecule has 0 aliphatic heterocycles. The molecule has 0 fully saturated rings. The number of hydrogen-bond acceptors (Lipinski definition) is 13. The number of carbonyl (C=O) groups excluding carboxylic acids is 2. The van der Waals surface area contributed by atoms with Gasteiger partial charge in [0.1, 0.15) is 31.5 Å². The number of phosphoric ester groups is 2. The zero-order chi connectivity index (χ0) is 47.4. The summed E-state index contributed by atoms with van der Waals surface area (Å²) in [5, 5.41) is 30.0. The lowest BCUT2D eigenvalue weighted by atomic mass is 10.0. The molecule has 15 nitrogen and oxygen atoms in total. The predicted octanol–water partition coefficient (Wildman–Crippen LogP) is 11.3. The Bertz CT molecular complexity index is 1250. The summed E-state index contributed by atoms with van der Waals surface area (Å²) in [4.78, 5) is 43.7. The Hall–Kier alpha value is -1.48. The first-order valence-electron chi connectivity index (χ1n) is 24.7. The molecule has 0 radical (unpaired) electrons. The molecule has 0 heterocycles. The van der Waals surface area contributed by atoms with Crippen LogP contribution in [0.4, 0.5) is 0 Å². The molecule has 378 valence electrons. The zero-order valence-electron chi connectivity index (χ0n) is 39.7. The van der Waals surface area contributed by atoms with Crippen LogP contribution in [0.25, 0.3) is 0 Å². The molecule has 0 rings (SSSR count). The fourth-order valence-corrected chi connectivity index (χ4v) is 8.13. The Kier molecular flexibility index (Phi) is 43.0. The molecular formula is C47H90O15P2. The number of aliphatic hydroxyl groups excluding tert-OH is 3. The summed E-state index contributed by atoms with van der Waals surface area (Å²) < 4.78 is 53.0. The van der Waals surface area contributed by atoms with E-state index in [0.717, 1.165) is 51.4 Å². The molecule has 0 aliphatic rings. The van der Waals surface area contributed by atoms with E-state index in [1.807, 2.05) is 0 Å². The molecule has 64 heavy (non-hydrogen) atoms. The largest absolute Gasteiger partial charge is 0.472 e. The van der Waals surface area contributed by atoms with Gasteiger partial charge in [0, 0.05) is 12.8 Å².